The molecule has 1 aromatic carbocycles. The summed E-state index contributed by atoms with van der Waals surface area (Å²) in [5.41, 5.74) is -0.137. The van der Waals surface area contributed by atoms with Gasteiger partial charge in [0.2, 0.25) is 0 Å². The first-order valence-electron chi connectivity index (χ1n) is 5.78. The molecule has 0 N–H and O–H groups in total. The van der Waals surface area contributed by atoms with Gasteiger partial charge in [0, 0.05) is 6.07 Å². The number of non-ortho nitro benzene ring substituents is 1. The number of nitro benzene ring substituents is 1. The number of rotatable bonds is 7. The Morgan fingerprint density at radius 2 is 1.95 bits per heavy atom. The van der Waals surface area contributed by atoms with Crippen molar-refractivity contribution in [3.8, 4) is 11.5 Å². The molecule has 1 rings (SSSR count). The maximum absolute atomic E-state index is 11.2. The van der Waals surface area contributed by atoms with Gasteiger partial charge in [-0.2, -0.15) is 0 Å². The van der Waals surface area contributed by atoms with E-state index in [4.69, 9.17) is 14.2 Å². The normalized spacial score (nSPS) is 9.79. The van der Waals surface area contributed by atoms with Gasteiger partial charge in [0.25, 0.3) is 5.69 Å². The minimum Gasteiger partial charge on any atom is -0.490 e. The molecule has 0 saturated heterocycles. The predicted molar refractivity (Wildman–Crippen MR) is 66.4 cm³/mol. The number of hydrogen-bond acceptors (Lipinski definition) is 6. The maximum atomic E-state index is 11.2. The number of ether oxygens (including phenoxy) is 3. The molecule has 0 amide bonds. The van der Waals surface area contributed by atoms with Crippen LogP contribution in [0.15, 0.2) is 18.2 Å². The fraction of sp³-hybridized carbons (Fsp3) is 0.417. The maximum Gasteiger partial charge on any atom is 0.344 e. The fourth-order valence-electron chi connectivity index (χ4n) is 1.34. The lowest BCUT2D eigenvalue weighted by molar-refractivity contribution is -0.385. The third-order valence-electron chi connectivity index (χ3n) is 2.09. The minimum absolute atomic E-state index is 0.137. The first kappa shape index (κ1) is 14.7. The van der Waals surface area contributed by atoms with Crippen LogP contribution in [0.25, 0.3) is 0 Å². The van der Waals surface area contributed by atoms with Gasteiger partial charge < -0.3 is 14.2 Å². The second kappa shape index (κ2) is 7.20. The number of benzene rings is 1. The lowest BCUT2D eigenvalue weighted by Crippen LogP contribution is -2.15. The second-order valence-electron chi connectivity index (χ2n) is 3.41. The van der Waals surface area contributed by atoms with Crippen molar-refractivity contribution >= 4 is 11.7 Å². The van der Waals surface area contributed by atoms with Crippen LogP contribution in [-0.2, 0) is 9.53 Å². The predicted octanol–water partition coefficient (Wildman–Crippen LogP) is 1.94. The van der Waals surface area contributed by atoms with Crippen molar-refractivity contribution in [3.05, 3.63) is 28.3 Å². The molecule has 7 heteroatoms. The van der Waals surface area contributed by atoms with Gasteiger partial charge >= 0.3 is 5.97 Å². The van der Waals surface area contributed by atoms with E-state index in [1.165, 1.54) is 18.2 Å². The highest BCUT2D eigenvalue weighted by atomic mass is 16.6. The van der Waals surface area contributed by atoms with Crippen molar-refractivity contribution in [2.24, 2.45) is 0 Å². The molecule has 0 aliphatic heterocycles. The Balaban J connectivity index is 2.84. The van der Waals surface area contributed by atoms with E-state index in [0.29, 0.717) is 12.4 Å². The van der Waals surface area contributed by atoms with E-state index in [1.54, 1.807) is 13.8 Å². The van der Waals surface area contributed by atoms with Gasteiger partial charge in [-0.3, -0.25) is 10.1 Å². The highest BCUT2D eigenvalue weighted by Gasteiger charge is 2.14. The number of hydrogen-bond donors (Lipinski definition) is 0. The summed E-state index contributed by atoms with van der Waals surface area (Å²) in [6.45, 7) is 3.76. The molecule has 0 atom stereocenters. The van der Waals surface area contributed by atoms with Crippen LogP contribution in [0.5, 0.6) is 11.5 Å². The van der Waals surface area contributed by atoms with Crippen molar-refractivity contribution in [1.29, 1.82) is 0 Å². The Hall–Kier alpha value is -2.31. The van der Waals surface area contributed by atoms with Gasteiger partial charge in [0.15, 0.2) is 18.1 Å². The van der Waals surface area contributed by atoms with Gasteiger partial charge in [0.05, 0.1) is 24.2 Å². The molecule has 0 spiro atoms. The van der Waals surface area contributed by atoms with Gasteiger partial charge in [0.1, 0.15) is 0 Å². The van der Waals surface area contributed by atoms with Crippen LogP contribution in [0.4, 0.5) is 5.69 Å². The summed E-state index contributed by atoms with van der Waals surface area (Å²) in [6, 6.07) is 3.95. The Labute approximate surface area is 110 Å². The molecule has 0 fully saturated rings. The molecule has 104 valence electrons. The third kappa shape index (κ3) is 4.46. The summed E-state index contributed by atoms with van der Waals surface area (Å²) in [6.07, 6.45) is 0. The van der Waals surface area contributed by atoms with Crippen molar-refractivity contribution in [2.75, 3.05) is 19.8 Å². The second-order valence-corrected chi connectivity index (χ2v) is 3.41. The lowest BCUT2D eigenvalue weighted by Gasteiger charge is -2.11. The first-order chi connectivity index (χ1) is 9.08. The summed E-state index contributed by atoms with van der Waals surface area (Å²) >= 11 is 0. The van der Waals surface area contributed by atoms with E-state index in [2.05, 4.69) is 0 Å². The van der Waals surface area contributed by atoms with Crippen LogP contribution in [0.2, 0.25) is 0 Å². The molecule has 1 aromatic rings. The average Bonchev–Trinajstić information content (AvgIpc) is 2.38. The molecule has 0 saturated carbocycles. The zero-order valence-corrected chi connectivity index (χ0v) is 10.8. The van der Waals surface area contributed by atoms with Crippen molar-refractivity contribution in [3.63, 3.8) is 0 Å². The summed E-state index contributed by atoms with van der Waals surface area (Å²) in [5, 5.41) is 10.7. The Bertz CT molecular complexity index is 460. The van der Waals surface area contributed by atoms with E-state index < -0.39 is 10.9 Å². The number of nitrogens with zero attached hydrogens (tertiary/aromatic N) is 1. The smallest absolute Gasteiger partial charge is 0.344 e. The summed E-state index contributed by atoms with van der Waals surface area (Å²) in [5.74, 6) is -0.0574. The lowest BCUT2D eigenvalue weighted by atomic mass is 10.3. The van der Waals surface area contributed by atoms with Crippen molar-refractivity contribution < 1.29 is 23.9 Å². The third-order valence-corrected chi connectivity index (χ3v) is 2.09. The molecule has 7 nitrogen and oxygen atoms in total. The van der Waals surface area contributed by atoms with Crippen LogP contribution in [0.3, 0.4) is 0 Å². The van der Waals surface area contributed by atoms with E-state index >= 15 is 0 Å². The highest BCUT2D eigenvalue weighted by molar-refractivity contribution is 5.71. The summed E-state index contributed by atoms with van der Waals surface area (Å²) in [7, 11) is 0. The molecular formula is C12H15NO6. The van der Waals surface area contributed by atoms with E-state index in [0.717, 1.165) is 0 Å². The van der Waals surface area contributed by atoms with Crippen LogP contribution >= 0.6 is 0 Å². The largest absolute Gasteiger partial charge is 0.490 e. The van der Waals surface area contributed by atoms with Crippen molar-refractivity contribution in [1.82, 2.24) is 0 Å². The summed E-state index contributed by atoms with van der Waals surface area (Å²) < 4.78 is 15.2. The molecule has 0 aliphatic carbocycles. The molecule has 0 bridgehead atoms. The number of carbonyl (C=O) groups excluding carboxylic acids is 1. The van der Waals surface area contributed by atoms with Crippen LogP contribution in [0, 0.1) is 10.1 Å². The summed E-state index contributed by atoms with van der Waals surface area (Å²) in [4.78, 5) is 21.3. The monoisotopic (exact) mass is 269 g/mol. The topological polar surface area (TPSA) is 87.9 Å². The van der Waals surface area contributed by atoms with Gasteiger partial charge in [-0.25, -0.2) is 4.79 Å². The Morgan fingerprint density at radius 3 is 2.53 bits per heavy atom. The zero-order valence-electron chi connectivity index (χ0n) is 10.8. The molecule has 0 unspecified atom stereocenters. The highest BCUT2D eigenvalue weighted by Crippen LogP contribution is 2.31. The van der Waals surface area contributed by atoms with Gasteiger partial charge in [-0.1, -0.05) is 0 Å². The molecule has 0 aromatic heterocycles. The van der Waals surface area contributed by atoms with E-state index in [1.807, 2.05) is 0 Å². The Kier molecular flexibility index (Phi) is 5.59. The van der Waals surface area contributed by atoms with Crippen molar-refractivity contribution in [2.45, 2.75) is 13.8 Å². The minimum atomic E-state index is -0.549. The van der Waals surface area contributed by atoms with Gasteiger partial charge in [-0.05, 0) is 19.9 Å². The number of esters is 1. The zero-order chi connectivity index (χ0) is 14.3. The fourth-order valence-corrected chi connectivity index (χ4v) is 1.34. The molecule has 19 heavy (non-hydrogen) atoms. The van der Waals surface area contributed by atoms with E-state index in [-0.39, 0.29) is 24.7 Å². The van der Waals surface area contributed by atoms with Crippen LogP contribution in [0.1, 0.15) is 13.8 Å². The Morgan fingerprint density at radius 1 is 1.21 bits per heavy atom. The molecule has 0 heterocycles. The SMILES string of the molecule is CCOC(=O)COc1cc([N+](=O)[O-])ccc1OCC. The van der Waals surface area contributed by atoms with Crippen LogP contribution in [-0.4, -0.2) is 30.7 Å². The standard InChI is InChI=1S/C12H15NO6/c1-3-17-10-6-5-9(13(15)16)7-11(10)19-8-12(14)18-4-2/h5-7H,3-4,8H2,1-2H3. The quantitative estimate of drug-likeness (QED) is 0.427. The molecular weight excluding hydrogens is 254 g/mol. The van der Waals surface area contributed by atoms with Gasteiger partial charge in [-0.15, -0.1) is 0 Å². The average molecular weight is 269 g/mol. The van der Waals surface area contributed by atoms with Crippen LogP contribution < -0.4 is 9.47 Å². The molecule has 0 aliphatic rings. The first-order valence-corrected chi connectivity index (χ1v) is 5.78. The molecule has 0 radical (unpaired) electrons. The number of nitro groups is 1. The number of carbonyl (C=O) groups is 1. The van der Waals surface area contributed by atoms with E-state index in [9.17, 15) is 14.9 Å².